The van der Waals surface area contributed by atoms with Crippen LogP contribution in [0.25, 0.3) is 0 Å². The molecule has 1 fully saturated rings. The summed E-state index contributed by atoms with van der Waals surface area (Å²) in [6.07, 6.45) is 0.857. The van der Waals surface area contributed by atoms with Gasteiger partial charge in [0, 0.05) is 37.4 Å². The van der Waals surface area contributed by atoms with E-state index in [2.05, 4.69) is 10.2 Å². The number of alkyl halides is 3. The van der Waals surface area contributed by atoms with Crippen LogP contribution in [0.5, 0.6) is 0 Å². The molecular weight excluding hydrogens is 366 g/mol. The molecule has 2 nitrogen and oxygen atoms in total. The van der Waals surface area contributed by atoms with Crippen molar-refractivity contribution in [1.82, 2.24) is 5.32 Å². The molecule has 0 aromatic heterocycles. The monoisotopic (exact) mass is 392 g/mol. The maximum Gasteiger partial charge on any atom is 0.289 e. The molecule has 2 aromatic rings. The second-order valence-electron chi connectivity index (χ2n) is 7.16. The summed E-state index contributed by atoms with van der Waals surface area (Å²) in [4.78, 5) is 2.27. The molecular formula is C22H27ClF2N2. The smallest absolute Gasteiger partial charge is 0.289 e. The van der Waals surface area contributed by atoms with Crippen molar-refractivity contribution < 1.29 is 8.78 Å². The second kappa shape index (κ2) is 8.57. The van der Waals surface area contributed by atoms with E-state index in [0.29, 0.717) is 6.42 Å². The number of halogens is 3. The van der Waals surface area contributed by atoms with E-state index in [1.165, 1.54) is 0 Å². The Bertz CT molecular complexity index is 773. The molecule has 27 heavy (non-hydrogen) atoms. The summed E-state index contributed by atoms with van der Waals surface area (Å²) in [5.41, 5.74) is 3.87. The fourth-order valence-electron chi connectivity index (χ4n) is 3.63. The maximum atomic E-state index is 15.1. The molecule has 1 atom stereocenters. The lowest BCUT2D eigenvalue weighted by Crippen LogP contribution is -2.44. The summed E-state index contributed by atoms with van der Waals surface area (Å²) in [7, 11) is 0. The van der Waals surface area contributed by atoms with Crippen LogP contribution in [0.3, 0.4) is 0 Å². The van der Waals surface area contributed by atoms with Crippen LogP contribution >= 0.6 is 11.6 Å². The number of benzene rings is 2. The normalized spacial score (nSPS) is 16.4. The first-order chi connectivity index (χ1) is 12.9. The van der Waals surface area contributed by atoms with Crippen LogP contribution in [-0.2, 0) is 18.8 Å². The highest BCUT2D eigenvalue weighted by Crippen LogP contribution is 2.39. The van der Waals surface area contributed by atoms with E-state index < -0.39 is 11.3 Å². The molecule has 1 saturated heterocycles. The van der Waals surface area contributed by atoms with Gasteiger partial charge in [-0.15, -0.1) is 11.6 Å². The van der Waals surface area contributed by atoms with Crippen molar-refractivity contribution in [3.8, 4) is 0 Å². The summed E-state index contributed by atoms with van der Waals surface area (Å²) in [5, 5.41) is 2.04. The largest absolute Gasteiger partial charge is 0.369 e. The number of hydrogen-bond donors (Lipinski definition) is 1. The third-order valence-corrected chi connectivity index (χ3v) is 5.79. The first-order valence-corrected chi connectivity index (χ1v) is 10.0. The molecule has 146 valence electrons. The predicted octanol–water partition coefficient (Wildman–Crippen LogP) is 4.91. The zero-order valence-corrected chi connectivity index (χ0v) is 16.7. The third kappa shape index (κ3) is 4.44. The van der Waals surface area contributed by atoms with Crippen molar-refractivity contribution in [2.24, 2.45) is 0 Å². The quantitative estimate of drug-likeness (QED) is 0.703. The van der Waals surface area contributed by atoms with Gasteiger partial charge in [0.2, 0.25) is 0 Å². The number of nitrogens with one attached hydrogen (secondary N) is 1. The third-order valence-electron chi connectivity index (χ3n) is 5.36. The highest BCUT2D eigenvalue weighted by molar-refractivity contribution is 6.21. The van der Waals surface area contributed by atoms with Crippen LogP contribution in [0.4, 0.5) is 14.5 Å². The van der Waals surface area contributed by atoms with Gasteiger partial charge in [-0.2, -0.15) is 8.78 Å². The van der Waals surface area contributed by atoms with Gasteiger partial charge in [-0.3, -0.25) is 0 Å². The highest BCUT2D eigenvalue weighted by Gasteiger charge is 2.40. The highest BCUT2D eigenvalue weighted by atomic mass is 35.5. The van der Waals surface area contributed by atoms with E-state index >= 15 is 8.78 Å². The van der Waals surface area contributed by atoms with E-state index in [4.69, 9.17) is 11.6 Å². The summed E-state index contributed by atoms with van der Waals surface area (Å²) >= 11 is 6.23. The number of aryl methyl sites for hydroxylation is 2. The van der Waals surface area contributed by atoms with Crippen LogP contribution in [0.15, 0.2) is 42.5 Å². The Labute approximate surface area is 165 Å². The number of piperazine rings is 1. The molecule has 1 unspecified atom stereocenters. The molecule has 0 bridgehead atoms. The Kier molecular flexibility index (Phi) is 6.38. The van der Waals surface area contributed by atoms with Gasteiger partial charge in [0.15, 0.2) is 0 Å². The van der Waals surface area contributed by atoms with Gasteiger partial charge in [0.1, 0.15) is 5.38 Å². The number of hydrogen-bond acceptors (Lipinski definition) is 2. The van der Waals surface area contributed by atoms with Crippen molar-refractivity contribution in [3.05, 3.63) is 64.7 Å². The second-order valence-corrected chi connectivity index (χ2v) is 7.68. The summed E-state index contributed by atoms with van der Waals surface area (Å²) in [6, 6.07) is 12.6. The average Bonchev–Trinajstić information content (AvgIpc) is 2.69. The summed E-state index contributed by atoms with van der Waals surface area (Å²) < 4.78 is 30.2. The van der Waals surface area contributed by atoms with E-state index in [1.54, 1.807) is 12.1 Å². The van der Waals surface area contributed by atoms with Gasteiger partial charge in [-0.25, -0.2) is 0 Å². The van der Waals surface area contributed by atoms with Crippen LogP contribution in [0.2, 0.25) is 0 Å². The minimum absolute atomic E-state index is 0.00631. The number of rotatable bonds is 6. The fraction of sp³-hybridized carbons (Fsp3) is 0.455. The zero-order chi connectivity index (χ0) is 19.4. The molecule has 1 N–H and O–H groups in total. The average molecular weight is 393 g/mol. The van der Waals surface area contributed by atoms with E-state index in [-0.39, 0.29) is 12.0 Å². The SMILES string of the molecule is CCc1cc(C(F)(F)C(Cl)Cc2ccccc2C)ccc1N1CCNCC1. The number of anilines is 1. The molecule has 0 amide bonds. The Hall–Kier alpha value is -1.65. The molecule has 2 aromatic carbocycles. The van der Waals surface area contributed by atoms with Crippen molar-refractivity contribution in [2.75, 3.05) is 31.1 Å². The standard InChI is InChI=1S/C22H27ClF2N2/c1-3-17-14-19(8-9-20(17)27-12-10-26-11-13-27)22(24,25)21(23)15-18-7-5-4-6-16(18)2/h4-9,14,21,26H,3,10-13,15H2,1-2H3. The Morgan fingerprint density at radius 3 is 2.48 bits per heavy atom. The lowest BCUT2D eigenvalue weighted by Gasteiger charge is -2.32. The summed E-state index contributed by atoms with van der Waals surface area (Å²) in [5.74, 6) is -3.09. The van der Waals surface area contributed by atoms with Crippen LogP contribution < -0.4 is 10.2 Å². The van der Waals surface area contributed by atoms with Crippen molar-refractivity contribution in [2.45, 2.75) is 38.0 Å². The molecule has 0 radical (unpaired) electrons. The first-order valence-electron chi connectivity index (χ1n) is 9.59. The molecule has 0 saturated carbocycles. The molecule has 1 heterocycles. The summed E-state index contributed by atoms with van der Waals surface area (Å²) in [6.45, 7) is 7.56. The van der Waals surface area contributed by atoms with Crippen molar-refractivity contribution in [3.63, 3.8) is 0 Å². The lowest BCUT2D eigenvalue weighted by atomic mass is 9.95. The Balaban J connectivity index is 1.83. The Morgan fingerprint density at radius 2 is 1.81 bits per heavy atom. The zero-order valence-electron chi connectivity index (χ0n) is 15.9. The molecule has 1 aliphatic rings. The van der Waals surface area contributed by atoms with Gasteiger partial charge in [0.05, 0.1) is 0 Å². The molecule has 1 aliphatic heterocycles. The fourth-order valence-corrected chi connectivity index (χ4v) is 3.92. The van der Waals surface area contributed by atoms with Crippen molar-refractivity contribution >= 4 is 17.3 Å². The maximum absolute atomic E-state index is 15.1. The van der Waals surface area contributed by atoms with E-state index in [9.17, 15) is 0 Å². The van der Waals surface area contributed by atoms with E-state index in [1.807, 2.05) is 44.2 Å². The van der Waals surface area contributed by atoms with Crippen LogP contribution in [0, 0.1) is 6.92 Å². The molecule has 5 heteroatoms. The molecule has 3 rings (SSSR count). The van der Waals surface area contributed by atoms with Gasteiger partial charge >= 0.3 is 0 Å². The topological polar surface area (TPSA) is 15.3 Å². The van der Waals surface area contributed by atoms with Gasteiger partial charge in [-0.1, -0.05) is 37.3 Å². The van der Waals surface area contributed by atoms with E-state index in [0.717, 1.165) is 48.6 Å². The Morgan fingerprint density at radius 1 is 1.11 bits per heavy atom. The minimum atomic E-state index is -3.09. The van der Waals surface area contributed by atoms with Gasteiger partial charge < -0.3 is 10.2 Å². The van der Waals surface area contributed by atoms with Gasteiger partial charge in [0.25, 0.3) is 5.92 Å². The number of nitrogens with zero attached hydrogens (tertiary/aromatic N) is 1. The lowest BCUT2D eigenvalue weighted by molar-refractivity contribution is -0.00872. The van der Waals surface area contributed by atoms with Gasteiger partial charge in [-0.05, 0) is 48.6 Å². The predicted molar refractivity (Wildman–Crippen MR) is 109 cm³/mol. The van der Waals surface area contributed by atoms with Crippen molar-refractivity contribution in [1.29, 1.82) is 0 Å². The van der Waals surface area contributed by atoms with Crippen LogP contribution in [-0.4, -0.2) is 31.6 Å². The minimum Gasteiger partial charge on any atom is -0.369 e. The molecule has 0 spiro atoms. The van der Waals surface area contributed by atoms with Crippen LogP contribution in [0.1, 0.15) is 29.2 Å². The molecule has 0 aliphatic carbocycles. The first kappa shape index (κ1) is 20.1.